The molecule has 1 fully saturated rings. The third kappa shape index (κ3) is 7.43. The molecule has 31 heavy (non-hydrogen) atoms. The number of ether oxygens (including phenoxy) is 2. The lowest BCUT2D eigenvalue weighted by Crippen LogP contribution is -2.31. The first-order valence-corrected chi connectivity index (χ1v) is 10.9. The van der Waals surface area contributed by atoms with Crippen LogP contribution in [0, 0.1) is 0 Å². The van der Waals surface area contributed by atoms with E-state index in [1.165, 1.54) is 44.5 Å². The third-order valence-corrected chi connectivity index (χ3v) is 5.48. The number of hydrogen-bond acceptors (Lipinski definition) is 4. The number of nitrogens with zero attached hydrogens (tertiary/aromatic N) is 1. The first-order chi connectivity index (χ1) is 15.0. The van der Waals surface area contributed by atoms with Crippen molar-refractivity contribution in [3.63, 3.8) is 0 Å². The van der Waals surface area contributed by atoms with E-state index < -0.39 is 11.7 Å². The molecule has 170 valence electrons. The molecular weight excluding hydrogens is 405 g/mol. The Hall–Kier alpha value is -2.25. The van der Waals surface area contributed by atoms with Crippen molar-refractivity contribution in [3.8, 4) is 11.5 Å². The van der Waals surface area contributed by atoms with Crippen LogP contribution < -0.4 is 15.2 Å². The Labute approximate surface area is 182 Å². The fourth-order valence-electron chi connectivity index (χ4n) is 3.77. The van der Waals surface area contributed by atoms with Crippen LogP contribution in [0.25, 0.3) is 0 Å². The van der Waals surface area contributed by atoms with Crippen molar-refractivity contribution >= 4 is 0 Å². The van der Waals surface area contributed by atoms with Crippen LogP contribution in [0.5, 0.6) is 11.5 Å². The zero-order valence-corrected chi connectivity index (χ0v) is 17.7. The molecule has 0 aliphatic carbocycles. The van der Waals surface area contributed by atoms with Gasteiger partial charge in [-0.3, -0.25) is 0 Å². The number of rotatable bonds is 10. The molecule has 7 heteroatoms. The van der Waals surface area contributed by atoms with E-state index in [2.05, 4.69) is 4.90 Å². The van der Waals surface area contributed by atoms with E-state index in [1.807, 2.05) is 24.3 Å². The van der Waals surface area contributed by atoms with Gasteiger partial charge in [0.15, 0.2) is 0 Å². The number of hydrogen-bond donors (Lipinski definition) is 1. The van der Waals surface area contributed by atoms with E-state index in [1.54, 1.807) is 0 Å². The second-order valence-corrected chi connectivity index (χ2v) is 7.88. The maximum Gasteiger partial charge on any atom is 0.416 e. The topological polar surface area (TPSA) is 47.7 Å². The monoisotopic (exact) mass is 436 g/mol. The Morgan fingerprint density at radius 1 is 0.903 bits per heavy atom. The molecule has 1 unspecified atom stereocenters. The molecule has 1 heterocycles. The van der Waals surface area contributed by atoms with Crippen LogP contribution in [0.1, 0.15) is 49.3 Å². The molecule has 0 bridgehead atoms. The summed E-state index contributed by atoms with van der Waals surface area (Å²) in [7, 11) is 0. The lowest BCUT2D eigenvalue weighted by Gasteiger charge is -2.26. The van der Waals surface area contributed by atoms with Gasteiger partial charge in [-0.2, -0.15) is 13.2 Å². The fraction of sp³-hybridized carbons (Fsp3) is 0.500. The first kappa shape index (κ1) is 23.4. The van der Waals surface area contributed by atoms with Gasteiger partial charge in [-0.1, -0.05) is 18.6 Å². The summed E-state index contributed by atoms with van der Waals surface area (Å²) in [6.45, 7) is 4.52. The quantitative estimate of drug-likeness (QED) is 0.505. The van der Waals surface area contributed by atoms with E-state index in [0.29, 0.717) is 25.3 Å². The molecule has 1 aliphatic rings. The number of likely N-dealkylation sites (tertiary alicyclic amines) is 1. The van der Waals surface area contributed by atoms with Gasteiger partial charge < -0.3 is 20.1 Å². The molecule has 1 aliphatic heterocycles. The molecular formula is C24H31F3N2O2. The van der Waals surface area contributed by atoms with Crippen molar-refractivity contribution in [1.82, 2.24) is 4.90 Å². The van der Waals surface area contributed by atoms with E-state index in [4.69, 9.17) is 15.2 Å². The number of nitrogens with two attached hydrogens (primary N) is 1. The molecule has 0 radical (unpaired) electrons. The molecule has 2 aromatic carbocycles. The van der Waals surface area contributed by atoms with Crippen molar-refractivity contribution < 1.29 is 22.6 Å². The Morgan fingerprint density at radius 3 is 2.16 bits per heavy atom. The molecule has 1 atom stereocenters. The summed E-state index contributed by atoms with van der Waals surface area (Å²) >= 11 is 0. The Bertz CT molecular complexity index is 773. The van der Waals surface area contributed by atoms with Gasteiger partial charge in [0.05, 0.1) is 12.2 Å². The van der Waals surface area contributed by atoms with Crippen LogP contribution in [-0.4, -0.2) is 37.7 Å². The van der Waals surface area contributed by atoms with Crippen molar-refractivity contribution in [2.75, 3.05) is 32.8 Å². The molecule has 0 saturated carbocycles. The van der Waals surface area contributed by atoms with Crippen molar-refractivity contribution in [2.45, 2.75) is 44.4 Å². The van der Waals surface area contributed by atoms with Gasteiger partial charge in [0.1, 0.15) is 17.6 Å². The highest BCUT2D eigenvalue weighted by atomic mass is 19.4. The zero-order valence-electron chi connectivity index (χ0n) is 17.7. The Balaban J connectivity index is 1.51. The Morgan fingerprint density at radius 2 is 1.55 bits per heavy atom. The summed E-state index contributed by atoms with van der Waals surface area (Å²) in [6.07, 6.45) is 0.772. The number of halogens is 3. The second kappa shape index (κ2) is 11.4. The van der Waals surface area contributed by atoms with Gasteiger partial charge in [-0.05, 0) is 80.9 Å². The molecule has 3 rings (SSSR count). The van der Waals surface area contributed by atoms with Crippen molar-refractivity contribution in [1.29, 1.82) is 0 Å². The molecule has 1 saturated heterocycles. The molecule has 2 aromatic rings. The molecule has 2 N–H and O–H groups in total. The number of benzene rings is 2. The van der Waals surface area contributed by atoms with Crippen LogP contribution in [0.2, 0.25) is 0 Å². The van der Waals surface area contributed by atoms with Gasteiger partial charge in [0, 0.05) is 13.0 Å². The standard InChI is InChI=1S/C24H31F3N2O2/c25-24(26,27)20-7-11-22(12-8-20)31-23(13-14-28)19-5-9-21(10-6-19)30-18-4-17-29-15-2-1-3-16-29/h5-12,23H,1-4,13-18,28H2. The zero-order chi connectivity index (χ0) is 22.1. The largest absolute Gasteiger partial charge is 0.494 e. The fourth-order valence-corrected chi connectivity index (χ4v) is 3.77. The molecule has 0 aromatic heterocycles. The average Bonchev–Trinajstić information content (AvgIpc) is 2.77. The van der Waals surface area contributed by atoms with Crippen LogP contribution in [0.4, 0.5) is 13.2 Å². The predicted molar refractivity (Wildman–Crippen MR) is 115 cm³/mol. The van der Waals surface area contributed by atoms with Crippen LogP contribution in [-0.2, 0) is 6.18 Å². The highest BCUT2D eigenvalue weighted by molar-refractivity contribution is 5.32. The predicted octanol–water partition coefficient (Wildman–Crippen LogP) is 5.43. The van der Waals surface area contributed by atoms with Crippen molar-refractivity contribution in [2.24, 2.45) is 5.73 Å². The van der Waals surface area contributed by atoms with Gasteiger partial charge >= 0.3 is 6.18 Å². The van der Waals surface area contributed by atoms with E-state index in [9.17, 15) is 13.2 Å². The molecule has 0 amide bonds. The smallest absolute Gasteiger partial charge is 0.416 e. The van der Waals surface area contributed by atoms with E-state index in [-0.39, 0.29) is 6.10 Å². The normalized spacial score (nSPS) is 16.1. The minimum absolute atomic E-state index is 0.338. The molecule has 0 spiro atoms. The van der Waals surface area contributed by atoms with Crippen LogP contribution in [0.3, 0.4) is 0 Å². The summed E-state index contributed by atoms with van der Waals surface area (Å²) in [5.41, 5.74) is 5.93. The second-order valence-electron chi connectivity index (χ2n) is 7.88. The lowest BCUT2D eigenvalue weighted by molar-refractivity contribution is -0.137. The SMILES string of the molecule is NCCC(Oc1ccc(C(F)(F)F)cc1)c1ccc(OCCCN2CCCCC2)cc1. The molecule has 4 nitrogen and oxygen atoms in total. The minimum atomic E-state index is -4.36. The maximum absolute atomic E-state index is 12.7. The van der Waals surface area contributed by atoms with Gasteiger partial charge in [0.25, 0.3) is 0 Å². The maximum atomic E-state index is 12.7. The van der Waals surface area contributed by atoms with E-state index in [0.717, 1.165) is 36.4 Å². The summed E-state index contributed by atoms with van der Waals surface area (Å²) in [5.74, 6) is 1.17. The van der Waals surface area contributed by atoms with Crippen molar-refractivity contribution in [3.05, 3.63) is 59.7 Å². The highest BCUT2D eigenvalue weighted by Crippen LogP contribution is 2.32. The van der Waals surface area contributed by atoms with Crippen LogP contribution in [0.15, 0.2) is 48.5 Å². The van der Waals surface area contributed by atoms with E-state index >= 15 is 0 Å². The van der Waals surface area contributed by atoms with Gasteiger partial charge in [-0.15, -0.1) is 0 Å². The summed E-state index contributed by atoms with van der Waals surface area (Å²) in [5, 5.41) is 0. The third-order valence-electron chi connectivity index (χ3n) is 5.48. The highest BCUT2D eigenvalue weighted by Gasteiger charge is 2.30. The minimum Gasteiger partial charge on any atom is -0.494 e. The number of alkyl halides is 3. The lowest BCUT2D eigenvalue weighted by atomic mass is 10.1. The van der Waals surface area contributed by atoms with Gasteiger partial charge in [0.2, 0.25) is 0 Å². The summed E-state index contributed by atoms with van der Waals surface area (Å²) < 4.78 is 50.0. The van der Waals surface area contributed by atoms with Crippen LogP contribution >= 0.6 is 0 Å². The Kier molecular flexibility index (Phi) is 8.60. The number of piperidine rings is 1. The first-order valence-electron chi connectivity index (χ1n) is 10.9. The summed E-state index contributed by atoms with van der Waals surface area (Å²) in [6, 6.07) is 12.4. The van der Waals surface area contributed by atoms with Gasteiger partial charge in [-0.25, -0.2) is 0 Å². The summed E-state index contributed by atoms with van der Waals surface area (Å²) in [4.78, 5) is 2.49. The average molecular weight is 437 g/mol.